The predicted octanol–water partition coefficient (Wildman–Crippen LogP) is 1.73. The average Bonchev–Trinajstić information content (AvgIpc) is 3.37. The summed E-state index contributed by atoms with van der Waals surface area (Å²) in [4.78, 5) is 27.3. The van der Waals surface area contributed by atoms with E-state index in [0.29, 0.717) is 18.1 Å². The minimum atomic E-state index is -0.623. The zero-order valence-corrected chi connectivity index (χ0v) is 19.5. The standard InChI is InChI=1S/C23H24N6O4S/c1-23(2)19(20-25-26-27-28(20)12-14-8-10-15(30)11-9-14)29-21(32)18(22(29)34-23)24-17(31)13-33-16-6-4-3-5-7-16/h3-11,18-19,22,30H,12-13H2,1-2H3,(H,24,31). The molecule has 2 aromatic carbocycles. The molecule has 0 radical (unpaired) electrons. The van der Waals surface area contributed by atoms with Gasteiger partial charge in [0.1, 0.15) is 29.0 Å². The van der Waals surface area contributed by atoms with Crippen molar-refractivity contribution in [1.29, 1.82) is 0 Å². The maximum atomic E-state index is 13.1. The van der Waals surface area contributed by atoms with Crippen molar-refractivity contribution >= 4 is 23.6 Å². The third-order valence-corrected chi connectivity index (χ3v) is 7.52. The predicted molar refractivity (Wildman–Crippen MR) is 124 cm³/mol. The van der Waals surface area contributed by atoms with E-state index < -0.39 is 6.04 Å². The highest BCUT2D eigenvalue weighted by Gasteiger charge is 2.63. The van der Waals surface area contributed by atoms with Crippen LogP contribution >= 0.6 is 11.8 Å². The molecule has 0 aliphatic carbocycles. The van der Waals surface area contributed by atoms with E-state index in [1.54, 1.807) is 57.7 Å². The van der Waals surface area contributed by atoms with Gasteiger partial charge < -0.3 is 20.1 Å². The van der Waals surface area contributed by atoms with Gasteiger partial charge in [-0.05, 0) is 54.1 Å². The summed E-state index contributed by atoms with van der Waals surface area (Å²) in [5, 5.41) is 24.4. The fraction of sp³-hybridized carbons (Fsp3) is 0.348. The van der Waals surface area contributed by atoms with Gasteiger partial charge in [-0.3, -0.25) is 9.59 Å². The summed E-state index contributed by atoms with van der Waals surface area (Å²) in [5.41, 5.74) is 0.921. The van der Waals surface area contributed by atoms with Crippen molar-refractivity contribution in [2.24, 2.45) is 0 Å². The molecule has 2 fully saturated rings. The summed E-state index contributed by atoms with van der Waals surface area (Å²) in [7, 11) is 0. The van der Waals surface area contributed by atoms with Gasteiger partial charge in [0.15, 0.2) is 12.4 Å². The average molecular weight is 481 g/mol. The minimum absolute atomic E-state index is 0.164. The highest BCUT2D eigenvalue weighted by atomic mass is 32.2. The Morgan fingerprint density at radius 1 is 1.18 bits per heavy atom. The van der Waals surface area contributed by atoms with Gasteiger partial charge in [0.05, 0.1) is 6.54 Å². The first kappa shape index (κ1) is 22.2. The third kappa shape index (κ3) is 4.07. The molecule has 3 aromatic rings. The highest BCUT2D eigenvalue weighted by molar-refractivity contribution is 8.01. The monoisotopic (exact) mass is 480 g/mol. The number of nitrogens with one attached hydrogen (secondary N) is 1. The summed E-state index contributed by atoms with van der Waals surface area (Å²) >= 11 is 1.62. The number of rotatable bonds is 7. The second-order valence-corrected chi connectivity index (χ2v) is 10.5. The number of benzene rings is 2. The van der Waals surface area contributed by atoms with Crippen LogP contribution in [0.2, 0.25) is 0 Å². The van der Waals surface area contributed by atoms with Crippen molar-refractivity contribution in [3.05, 3.63) is 66.0 Å². The summed E-state index contributed by atoms with van der Waals surface area (Å²) in [6.07, 6.45) is 0. The van der Waals surface area contributed by atoms with Gasteiger partial charge in [-0.2, -0.15) is 0 Å². The maximum Gasteiger partial charge on any atom is 0.258 e. The molecule has 3 heterocycles. The molecular weight excluding hydrogens is 456 g/mol. The van der Waals surface area contributed by atoms with Crippen LogP contribution in [-0.4, -0.2) is 64.8 Å². The molecule has 1 aromatic heterocycles. The molecule has 2 aliphatic heterocycles. The van der Waals surface area contributed by atoms with Crippen LogP contribution in [-0.2, 0) is 16.1 Å². The number of hydrogen-bond donors (Lipinski definition) is 2. The fourth-order valence-electron chi connectivity index (χ4n) is 4.34. The Balaban J connectivity index is 1.28. The van der Waals surface area contributed by atoms with E-state index in [-0.39, 0.29) is 40.3 Å². The lowest BCUT2D eigenvalue weighted by molar-refractivity contribution is -0.152. The van der Waals surface area contributed by atoms with Crippen molar-refractivity contribution in [2.75, 3.05) is 6.61 Å². The van der Waals surface area contributed by atoms with Crippen LogP contribution in [0.5, 0.6) is 11.5 Å². The molecule has 0 bridgehead atoms. The number of phenolic OH excluding ortho intramolecular Hbond substituents is 1. The number of β-lactam (4-membered cyclic amide) rings is 1. The normalized spacial score (nSPS) is 22.7. The van der Waals surface area contributed by atoms with Crippen LogP contribution in [0.4, 0.5) is 0 Å². The Hall–Kier alpha value is -3.60. The number of amides is 2. The largest absolute Gasteiger partial charge is 0.508 e. The summed E-state index contributed by atoms with van der Waals surface area (Å²) in [6.45, 7) is 4.34. The number of aromatic hydroxyl groups is 1. The smallest absolute Gasteiger partial charge is 0.258 e. The number of hydrogen-bond acceptors (Lipinski definition) is 8. The van der Waals surface area contributed by atoms with Gasteiger partial charge in [0.25, 0.3) is 5.91 Å². The van der Waals surface area contributed by atoms with Crippen molar-refractivity contribution < 1.29 is 19.4 Å². The van der Waals surface area contributed by atoms with Crippen molar-refractivity contribution in [1.82, 2.24) is 30.4 Å². The molecule has 2 saturated heterocycles. The van der Waals surface area contributed by atoms with Crippen LogP contribution in [0.25, 0.3) is 0 Å². The first-order valence-corrected chi connectivity index (χ1v) is 11.7. The van der Waals surface area contributed by atoms with Crippen LogP contribution in [0, 0.1) is 0 Å². The molecule has 3 atom stereocenters. The Labute approximate surface area is 200 Å². The number of carbonyl (C=O) groups is 2. The quantitative estimate of drug-likeness (QED) is 0.490. The number of tetrazole rings is 1. The van der Waals surface area contributed by atoms with Crippen molar-refractivity contribution in [2.45, 2.75) is 42.6 Å². The molecule has 5 rings (SSSR count). The number of carbonyl (C=O) groups excluding carboxylic acids is 2. The van der Waals surface area contributed by atoms with E-state index in [9.17, 15) is 14.7 Å². The lowest BCUT2D eigenvalue weighted by atomic mass is 9.95. The molecule has 0 spiro atoms. The van der Waals surface area contributed by atoms with E-state index in [1.807, 2.05) is 32.0 Å². The van der Waals surface area contributed by atoms with E-state index >= 15 is 0 Å². The van der Waals surface area contributed by atoms with E-state index in [1.165, 1.54) is 0 Å². The molecule has 3 unspecified atom stereocenters. The zero-order chi connectivity index (χ0) is 23.9. The Morgan fingerprint density at radius 3 is 2.65 bits per heavy atom. The fourth-order valence-corrected chi connectivity index (χ4v) is 5.97. The zero-order valence-electron chi connectivity index (χ0n) is 18.7. The van der Waals surface area contributed by atoms with Gasteiger partial charge in [-0.15, -0.1) is 16.9 Å². The second-order valence-electron chi connectivity index (χ2n) is 8.77. The van der Waals surface area contributed by atoms with E-state index in [0.717, 1.165) is 5.56 Å². The summed E-state index contributed by atoms with van der Waals surface area (Å²) in [5.74, 6) is 0.848. The molecule has 2 amide bonds. The number of nitrogens with zero attached hydrogens (tertiary/aromatic N) is 5. The van der Waals surface area contributed by atoms with E-state index in [4.69, 9.17) is 4.74 Å². The number of ether oxygens (including phenoxy) is 1. The molecule has 2 aliphatic rings. The SMILES string of the molecule is CC1(C)SC2C(NC(=O)COc3ccccc3)C(=O)N2C1c1nnnn1Cc1ccc(O)cc1. The lowest BCUT2D eigenvalue weighted by Crippen LogP contribution is -2.68. The molecular formula is C23H24N6O4S. The van der Waals surface area contributed by atoms with Gasteiger partial charge in [0.2, 0.25) is 5.91 Å². The first-order valence-electron chi connectivity index (χ1n) is 10.8. The Kier molecular flexibility index (Phi) is 5.64. The molecule has 2 N–H and O–H groups in total. The van der Waals surface area contributed by atoms with Crippen LogP contribution in [0.15, 0.2) is 54.6 Å². The van der Waals surface area contributed by atoms with Crippen LogP contribution < -0.4 is 10.1 Å². The number of fused-ring (bicyclic) bond motifs is 1. The van der Waals surface area contributed by atoms with Crippen molar-refractivity contribution in [3.63, 3.8) is 0 Å². The first-order chi connectivity index (χ1) is 16.3. The number of thioether (sulfide) groups is 1. The Morgan fingerprint density at radius 2 is 1.91 bits per heavy atom. The van der Waals surface area contributed by atoms with Gasteiger partial charge in [0, 0.05) is 4.75 Å². The highest BCUT2D eigenvalue weighted by Crippen LogP contribution is 2.56. The second kappa shape index (κ2) is 8.64. The van der Waals surface area contributed by atoms with Crippen LogP contribution in [0.3, 0.4) is 0 Å². The lowest BCUT2D eigenvalue weighted by Gasteiger charge is -2.44. The van der Waals surface area contributed by atoms with Gasteiger partial charge in [-0.1, -0.05) is 30.3 Å². The third-order valence-electron chi connectivity index (χ3n) is 5.94. The van der Waals surface area contributed by atoms with Gasteiger partial charge >= 0.3 is 0 Å². The summed E-state index contributed by atoms with van der Waals surface area (Å²) in [6, 6.07) is 14.9. The number of para-hydroxylation sites is 1. The topological polar surface area (TPSA) is 122 Å². The molecule has 176 valence electrons. The summed E-state index contributed by atoms with van der Waals surface area (Å²) < 4.78 is 6.80. The Bertz CT molecular complexity index is 1200. The number of aromatic nitrogens is 4. The number of phenols is 1. The van der Waals surface area contributed by atoms with Gasteiger partial charge in [-0.25, -0.2) is 4.68 Å². The molecule has 10 nitrogen and oxygen atoms in total. The van der Waals surface area contributed by atoms with E-state index in [2.05, 4.69) is 20.8 Å². The minimum Gasteiger partial charge on any atom is -0.508 e. The van der Waals surface area contributed by atoms with Crippen molar-refractivity contribution in [3.8, 4) is 11.5 Å². The molecule has 34 heavy (non-hydrogen) atoms. The van der Waals surface area contributed by atoms with Crippen LogP contribution in [0.1, 0.15) is 31.3 Å². The molecule has 11 heteroatoms. The molecule has 0 saturated carbocycles. The maximum absolute atomic E-state index is 13.1.